The summed E-state index contributed by atoms with van der Waals surface area (Å²) in [5.74, 6) is -0.573. The first-order valence-electron chi connectivity index (χ1n) is 9.25. The molecule has 0 fully saturated rings. The van der Waals surface area contributed by atoms with Crippen molar-refractivity contribution >= 4 is 23.0 Å². The number of rotatable bonds is 8. The number of aromatic nitrogens is 1. The maximum absolute atomic E-state index is 12.4. The minimum atomic E-state index is -0.924. The fourth-order valence-electron chi connectivity index (χ4n) is 2.77. The largest absolute Gasteiger partial charge is 0.460 e. The van der Waals surface area contributed by atoms with E-state index >= 15 is 0 Å². The van der Waals surface area contributed by atoms with Gasteiger partial charge in [-0.3, -0.25) is 4.98 Å². The van der Waals surface area contributed by atoms with Crippen LogP contribution in [-0.4, -0.2) is 29.7 Å². The lowest BCUT2D eigenvalue weighted by Crippen LogP contribution is -2.43. The van der Waals surface area contributed by atoms with Crippen LogP contribution in [0.1, 0.15) is 11.3 Å². The molecule has 1 atom stereocenters. The van der Waals surface area contributed by atoms with Gasteiger partial charge in [-0.15, -0.1) is 0 Å². The second kappa shape index (κ2) is 10.0. The Balaban J connectivity index is 1.68. The van der Waals surface area contributed by atoms with E-state index in [4.69, 9.17) is 9.47 Å². The third-order valence-corrected chi connectivity index (χ3v) is 4.20. The maximum atomic E-state index is 12.4. The molecule has 0 saturated carbocycles. The lowest BCUT2D eigenvalue weighted by molar-refractivity contribution is -0.144. The summed E-state index contributed by atoms with van der Waals surface area (Å²) in [6.45, 7) is 3.70. The molecule has 6 nitrogen and oxygen atoms in total. The van der Waals surface area contributed by atoms with Crippen molar-refractivity contribution in [2.24, 2.45) is 0 Å². The van der Waals surface area contributed by atoms with E-state index in [0.717, 1.165) is 16.5 Å². The number of amides is 1. The van der Waals surface area contributed by atoms with E-state index in [-0.39, 0.29) is 19.6 Å². The van der Waals surface area contributed by atoms with E-state index in [2.05, 4.69) is 16.9 Å². The van der Waals surface area contributed by atoms with Crippen molar-refractivity contribution < 1.29 is 19.1 Å². The molecule has 148 valence electrons. The molecule has 1 amide bonds. The third kappa shape index (κ3) is 5.90. The van der Waals surface area contributed by atoms with Crippen LogP contribution < -0.4 is 5.32 Å². The molecule has 0 aliphatic heterocycles. The highest BCUT2D eigenvalue weighted by molar-refractivity contribution is 5.82. The molecular formula is C23H22N2O4. The molecule has 1 N–H and O–H groups in total. The van der Waals surface area contributed by atoms with Crippen LogP contribution in [-0.2, 0) is 27.3 Å². The van der Waals surface area contributed by atoms with Crippen LogP contribution in [0.25, 0.3) is 10.9 Å². The van der Waals surface area contributed by atoms with Crippen molar-refractivity contribution in [1.29, 1.82) is 0 Å². The number of benzene rings is 2. The Kier molecular flexibility index (Phi) is 6.95. The number of hydrogen-bond donors (Lipinski definition) is 1. The minimum absolute atomic E-state index is 0.0568. The molecule has 0 aliphatic carbocycles. The number of fused-ring (bicyclic) bond motifs is 1. The van der Waals surface area contributed by atoms with Crippen LogP contribution in [0, 0.1) is 0 Å². The van der Waals surface area contributed by atoms with Gasteiger partial charge >= 0.3 is 12.1 Å². The number of carbonyl (C=O) groups is 2. The van der Waals surface area contributed by atoms with Crippen LogP contribution in [0.3, 0.4) is 0 Å². The molecule has 1 aromatic heterocycles. The van der Waals surface area contributed by atoms with Crippen LogP contribution in [0.2, 0.25) is 0 Å². The fourth-order valence-corrected chi connectivity index (χ4v) is 2.77. The van der Waals surface area contributed by atoms with Crippen LogP contribution in [0.5, 0.6) is 0 Å². The number of alkyl carbamates (subject to hydrolysis) is 1. The standard InChI is InChI=1S/C23H22N2O4/c1-2-14-28-22(26)21(25-23(27)29-16-17-8-4-3-5-9-17)15-19-13-12-18-10-6-7-11-20(18)24-19/h2-13,21H,1,14-16H2,(H,25,27)/t21-/m0/s1. The molecule has 0 spiro atoms. The Morgan fingerprint density at radius 1 is 1.00 bits per heavy atom. The molecular weight excluding hydrogens is 368 g/mol. The topological polar surface area (TPSA) is 77.5 Å². The predicted octanol–water partition coefficient (Wildman–Crippen LogP) is 3.80. The van der Waals surface area contributed by atoms with Gasteiger partial charge < -0.3 is 14.8 Å². The highest BCUT2D eigenvalue weighted by Gasteiger charge is 2.24. The summed E-state index contributed by atoms with van der Waals surface area (Å²) < 4.78 is 10.3. The lowest BCUT2D eigenvalue weighted by Gasteiger charge is -2.17. The number of ether oxygens (including phenoxy) is 2. The van der Waals surface area contributed by atoms with Gasteiger partial charge in [0.15, 0.2) is 0 Å². The molecule has 0 unspecified atom stereocenters. The number of para-hydroxylation sites is 1. The van der Waals surface area contributed by atoms with E-state index in [1.807, 2.05) is 66.7 Å². The second-order valence-corrected chi connectivity index (χ2v) is 6.38. The van der Waals surface area contributed by atoms with Crippen molar-refractivity contribution in [3.63, 3.8) is 0 Å². The third-order valence-electron chi connectivity index (χ3n) is 4.20. The molecule has 1 heterocycles. The van der Waals surface area contributed by atoms with Crippen molar-refractivity contribution in [1.82, 2.24) is 10.3 Å². The molecule has 29 heavy (non-hydrogen) atoms. The Morgan fingerprint density at radius 3 is 2.55 bits per heavy atom. The zero-order chi connectivity index (χ0) is 20.5. The summed E-state index contributed by atoms with van der Waals surface area (Å²) in [5, 5.41) is 3.58. The summed E-state index contributed by atoms with van der Waals surface area (Å²) in [4.78, 5) is 29.2. The number of hydrogen-bond acceptors (Lipinski definition) is 5. The molecule has 0 radical (unpaired) electrons. The van der Waals surface area contributed by atoms with Crippen LogP contribution in [0.4, 0.5) is 4.79 Å². The van der Waals surface area contributed by atoms with Gasteiger partial charge in [-0.25, -0.2) is 9.59 Å². The number of carbonyl (C=O) groups excluding carboxylic acids is 2. The summed E-state index contributed by atoms with van der Waals surface area (Å²) in [7, 11) is 0. The van der Waals surface area contributed by atoms with E-state index in [1.54, 1.807) is 0 Å². The molecule has 0 bridgehead atoms. The summed E-state index contributed by atoms with van der Waals surface area (Å²) in [6.07, 6.45) is 0.952. The summed E-state index contributed by atoms with van der Waals surface area (Å²) in [5.41, 5.74) is 2.33. The van der Waals surface area contributed by atoms with Gasteiger partial charge in [-0.05, 0) is 17.7 Å². The van der Waals surface area contributed by atoms with Gasteiger partial charge in [0.25, 0.3) is 0 Å². The normalized spacial score (nSPS) is 11.4. The van der Waals surface area contributed by atoms with E-state index in [0.29, 0.717) is 5.69 Å². The quantitative estimate of drug-likeness (QED) is 0.468. The van der Waals surface area contributed by atoms with Crippen molar-refractivity contribution in [3.05, 3.63) is 90.6 Å². The summed E-state index contributed by atoms with van der Waals surface area (Å²) in [6, 6.07) is 19.8. The van der Waals surface area contributed by atoms with Gasteiger partial charge in [-0.2, -0.15) is 0 Å². The predicted molar refractivity (Wildman–Crippen MR) is 110 cm³/mol. The highest BCUT2D eigenvalue weighted by Crippen LogP contribution is 2.13. The monoisotopic (exact) mass is 390 g/mol. The average molecular weight is 390 g/mol. The number of nitrogens with one attached hydrogen (secondary N) is 1. The Morgan fingerprint density at radius 2 is 1.76 bits per heavy atom. The van der Waals surface area contributed by atoms with Crippen molar-refractivity contribution in [2.75, 3.05) is 6.61 Å². The number of esters is 1. The zero-order valence-corrected chi connectivity index (χ0v) is 15.9. The van der Waals surface area contributed by atoms with E-state index in [1.165, 1.54) is 6.08 Å². The zero-order valence-electron chi connectivity index (χ0n) is 15.9. The SMILES string of the molecule is C=CCOC(=O)[C@H](Cc1ccc2ccccc2n1)NC(=O)OCc1ccccc1. The smallest absolute Gasteiger partial charge is 0.408 e. The number of pyridine rings is 1. The summed E-state index contributed by atoms with van der Waals surface area (Å²) >= 11 is 0. The molecule has 3 aromatic rings. The van der Waals surface area contributed by atoms with Crippen LogP contribution >= 0.6 is 0 Å². The van der Waals surface area contributed by atoms with Gasteiger partial charge in [0.05, 0.1) is 5.52 Å². The maximum Gasteiger partial charge on any atom is 0.408 e. The molecule has 0 saturated heterocycles. The molecule has 2 aromatic carbocycles. The molecule has 6 heteroatoms. The van der Waals surface area contributed by atoms with E-state index in [9.17, 15) is 9.59 Å². The first-order chi connectivity index (χ1) is 14.2. The van der Waals surface area contributed by atoms with Crippen LogP contribution in [0.15, 0.2) is 79.4 Å². The van der Waals surface area contributed by atoms with Gasteiger partial charge in [0.2, 0.25) is 0 Å². The van der Waals surface area contributed by atoms with Crippen molar-refractivity contribution in [2.45, 2.75) is 19.1 Å². The molecule has 3 rings (SSSR count). The second-order valence-electron chi connectivity index (χ2n) is 6.38. The van der Waals surface area contributed by atoms with Crippen molar-refractivity contribution in [3.8, 4) is 0 Å². The lowest BCUT2D eigenvalue weighted by atomic mass is 10.1. The van der Waals surface area contributed by atoms with Gasteiger partial charge in [0.1, 0.15) is 19.3 Å². The average Bonchev–Trinajstić information content (AvgIpc) is 2.76. The van der Waals surface area contributed by atoms with Gasteiger partial charge in [0, 0.05) is 17.5 Å². The fraction of sp³-hybridized carbons (Fsp3) is 0.174. The first kappa shape index (κ1) is 20.1. The Hall–Kier alpha value is -3.67. The highest BCUT2D eigenvalue weighted by atomic mass is 16.6. The minimum Gasteiger partial charge on any atom is -0.460 e. The van der Waals surface area contributed by atoms with Gasteiger partial charge in [-0.1, -0.05) is 67.3 Å². The van der Waals surface area contributed by atoms with E-state index < -0.39 is 18.1 Å². The Labute approximate surface area is 169 Å². The first-order valence-corrected chi connectivity index (χ1v) is 9.25. The Bertz CT molecular complexity index is 988. The number of nitrogens with zero attached hydrogens (tertiary/aromatic N) is 1. The molecule has 0 aliphatic rings.